The maximum Gasteiger partial charge on any atom is 0.416 e. The van der Waals surface area contributed by atoms with Crippen LogP contribution in [0.2, 0.25) is 0 Å². The summed E-state index contributed by atoms with van der Waals surface area (Å²) in [7, 11) is 0. The van der Waals surface area contributed by atoms with Crippen LogP contribution in [-0.2, 0) is 28.8 Å². The Morgan fingerprint density at radius 1 is 1.22 bits per heavy atom. The van der Waals surface area contributed by atoms with E-state index >= 15 is 0 Å². The maximum absolute atomic E-state index is 12.6. The zero-order chi connectivity index (χ0) is 19.4. The lowest BCUT2D eigenvalue weighted by Gasteiger charge is -2.21. The molecule has 1 saturated heterocycles. The zero-order valence-corrected chi connectivity index (χ0v) is 14.1. The number of carbonyl (C=O) groups is 2. The van der Waals surface area contributed by atoms with E-state index in [1.54, 1.807) is 24.4 Å². The Labute approximate surface area is 152 Å². The molecule has 1 aliphatic rings. The highest BCUT2D eigenvalue weighted by Gasteiger charge is 2.38. The van der Waals surface area contributed by atoms with Crippen molar-refractivity contribution in [2.24, 2.45) is 0 Å². The van der Waals surface area contributed by atoms with Crippen LogP contribution in [0.4, 0.5) is 18.0 Å². The molecule has 2 amide bonds. The van der Waals surface area contributed by atoms with Crippen molar-refractivity contribution in [2.75, 3.05) is 6.61 Å². The van der Waals surface area contributed by atoms with Gasteiger partial charge in [-0.2, -0.15) is 13.2 Å². The molecule has 0 aliphatic carbocycles. The van der Waals surface area contributed by atoms with E-state index in [0.717, 1.165) is 12.1 Å². The van der Waals surface area contributed by atoms with E-state index in [2.05, 4.69) is 10.3 Å². The molecular formula is C18H16F3N3O3. The van der Waals surface area contributed by atoms with Crippen LogP contribution in [0.25, 0.3) is 0 Å². The van der Waals surface area contributed by atoms with Crippen molar-refractivity contribution in [3.63, 3.8) is 0 Å². The monoisotopic (exact) mass is 379 g/mol. The van der Waals surface area contributed by atoms with E-state index in [9.17, 15) is 22.8 Å². The second-order valence-corrected chi connectivity index (χ2v) is 5.95. The third-order valence-corrected chi connectivity index (χ3v) is 4.08. The second kappa shape index (κ2) is 7.65. The number of hydrogen-bond donors (Lipinski definition) is 1. The summed E-state index contributed by atoms with van der Waals surface area (Å²) < 4.78 is 42.8. The predicted octanol–water partition coefficient (Wildman–Crippen LogP) is 2.74. The molecule has 1 fully saturated rings. The van der Waals surface area contributed by atoms with Crippen LogP contribution < -0.4 is 5.32 Å². The number of amides is 2. The summed E-state index contributed by atoms with van der Waals surface area (Å²) in [6.07, 6.45) is -3.52. The van der Waals surface area contributed by atoms with Crippen molar-refractivity contribution in [2.45, 2.75) is 25.3 Å². The van der Waals surface area contributed by atoms with Crippen molar-refractivity contribution < 1.29 is 27.5 Å². The highest BCUT2D eigenvalue weighted by Crippen LogP contribution is 2.29. The molecule has 0 radical (unpaired) electrons. The Morgan fingerprint density at radius 3 is 2.59 bits per heavy atom. The standard InChI is InChI=1S/C18H16F3N3O3/c19-18(20,21)13-6-4-12(5-7-13)10-24-15(11-27-17(24)26)16(25)23-9-14-3-1-2-8-22-14/h1-8,15H,9-11H2,(H,23,25)/t15-/m0/s1. The third-order valence-electron chi connectivity index (χ3n) is 4.08. The van der Waals surface area contributed by atoms with Crippen LogP contribution in [-0.4, -0.2) is 34.5 Å². The number of alkyl halides is 3. The molecule has 6 nitrogen and oxygen atoms in total. The fourth-order valence-electron chi connectivity index (χ4n) is 2.64. The van der Waals surface area contributed by atoms with E-state index in [0.29, 0.717) is 11.3 Å². The molecule has 2 heterocycles. The summed E-state index contributed by atoms with van der Waals surface area (Å²) in [5, 5.41) is 2.68. The number of nitrogens with one attached hydrogen (secondary N) is 1. The van der Waals surface area contributed by atoms with Gasteiger partial charge in [0.25, 0.3) is 0 Å². The van der Waals surface area contributed by atoms with Gasteiger partial charge in [-0.05, 0) is 29.8 Å². The molecule has 2 aromatic rings. The summed E-state index contributed by atoms with van der Waals surface area (Å²) in [6.45, 7) is 0.0463. The SMILES string of the molecule is O=C(NCc1ccccn1)[C@@H]1COC(=O)N1Cc1ccc(C(F)(F)F)cc1. The average molecular weight is 379 g/mol. The number of rotatable bonds is 5. The van der Waals surface area contributed by atoms with E-state index < -0.39 is 29.8 Å². The Bertz CT molecular complexity index is 810. The number of aromatic nitrogens is 1. The molecule has 1 aromatic carbocycles. The van der Waals surface area contributed by atoms with Gasteiger partial charge in [-0.25, -0.2) is 4.79 Å². The topological polar surface area (TPSA) is 71.5 Å². The van der Waals surface area contributed by atoms with Crippen molar-refractivity contribution in [1.29, 1.82) is 0 Å². The average Bonchev–Trinajstić information content (AvgIpc) is 3.01. The largest absolute Gasteiger partial charge is 0.447 e. The van der Waals surface area contributed by atoms with Crippen molar-refractivity contribution in [3.05, 3.63) is 65.5 Å². The number of pyridine rings is 1. The molecule has 1 N–H and O–H groups in total. The molecule has 0 saturated carbocycles. The molecular weight excluding hydrogens is 363 g/mol. The molecule has 0 bridgehead atoms. The predicted molar refractivity (Wildman–Crippen MR) is 88.2 cm³/mol. The van der Waals surface area contributed by atoms with Crippen LogP contribution in [0.1, 0.15) is 16.8 Å². The number of halogens is 3. The van der Waals surface area contributed by atoms with Crippen LogP contribution in [0.5, 0.6) is 0 Å². The maximum atomic E-state index is 12.6. The van der Waals surface area contributed by atoms with Gasteiger partial charge in [-0.15, -0.1) is 0 Å². The Kier molecular flexibility index (Phi) is 5.29. The number of nitrogens with zero attached hydrogens (tertiary/aromatic N) is 2. The van der Waals surface area contributed by atoms with Crippen LogP contribution in [0.15, 0.2) is 48.7 Å². The van der Waals surface area contributed by atoms with Gasteiger partial charge in [-0.3, -0.25) is 14.7 Å². The third kappa shape index (κ3) is 4.55. The minimum absolute atomic E-state index is 0.0291. The summed E-state index contributed by atoms with van der Waals surface area (Å²) >= 11 is 0. The first-order valence-electron chi connectivity index (χ1n) is 8.12. The molecule has 1 aliphatic heterocycles. The summed E-state index contributed by atoms with van der Waals surface area (Å²) in [5.41, 5.74) is 0.342. The molecule has 0 spiro atoms. The van der Waals surface area contributed by atoms with Gasteiger partial charge in [0.05, 0.1) is 24.3 Å². The first-order valence-corrected chi connectivity index (χ1v) is 8.12. The number of ether oxygens (including phenoxy) is 1. The molecule has 1 atom stereocenters. The molecule has 3 rings (SSSR count). The smallest absolute Gasteiger partial charge is 0.416 e. The number of hydrogen-bond acceptors (Lipinski definition) is 4. The van der Waals surface area contributed by atoms with Gasteiger partial charge < -0.3 is 10.1 Å². The summed E-state index contributed by atoms with van der Waals surface area (Å²) in [6, 6.07) is 8.85. The Morgan fingerprint density at radius 2 is 1.96 bits per heavy atom. The number of cyclic esters (lactones) is 1. The highest BCUT2D eigenvalue weighted by molar-refractivity contribution is 5.87. The zero-order valence-electron chi connectivity index (χ0n) is 14.1. The van der Waals surface area contributed by atoms with Crippen molar-refractivity contribution >= 4 is 12.0 Å². The van der Waals surface area contributed by atoms with Crippen LogP contribution >= 0.6 is 0 Å². The first kappa shape index (κ1) is 18.7. The van der Waals surface area contributed by atoms with Gasteiger partial charge in [0, 0.05) is 6.20 Å². The fraction of sp³-hybridized carbons (Fsp3) is 0.278. The van der Waals surface area contributed by atoms with Crippen LogP contribution in [0.3, 0.4) is 0 Å². The Balaban J connectivity index is 1.64. The van der Waals surface area contributed by atoms with E-state index in [4.69, 9.17) is 4.74 Å². The fourth-order valence-corrected chi connectivity index (χ4v) is 2.64. The van der Waals surface area contributed by atoms with E-state index in [1.807, 2.05) is 0 Å². The lowest BCUT2D eigenvalue weighted by molar-refractivity contribution is -0.137. The lowest BCUT2D eigenvalue weighted by atomic mass is 10.1. The lowest BCUT2D eigenvalue weighted by Crippen LogP contribution is -2.45. The Hall–Kier alpha value is -3.10. The molecule has 1 aromatic heterocycles. The minimum Gasteiger partial charge on any atom is -0.447 e. The highest BCUT2D eigenvalue weighted by atomic mass is 19.4. The first-order chi connectivity index (χ1) is 12.8. The normalized spacial score (nSPS) is 16.9. The van der Waals surface area contributed by atoms with Gasteiger partial charge in [-0.1, -0.05) is 18.2 Å². The summed E-state index contributed by atoms with van der Waals surface area (Å²) in [5.74, 6) is -0.418. The molecule has 0 unspecified atom stereocenters. The van der Waals surface area contributed by atoms with Gasteiger partial charge >= 0.3 is 12.3 Å². The van der Waals surface area contributed by atoms with Gasteiger partial charge in [0.1, 0.15) is 12.6 Å². The van der Waals surface area contributed by atoms with Gasteiger partial charge in [0.2, 0.25) is 5.91 Å². The van der Waals surface area contributed by atoms with E-state index in [-0.39, 0.29) is 19.7 Å². The van der Waals surface area contributed by atoms with Crippen molar-refractivity contribution in [1.82, 2.24) is 15.2 Å². The quantitative estimate of drug-likeness (QED) is 0.867. The van der Waals surface area contributed by atoms with Crippen LogP contribution in [0, 0.1) is 0 Å². The number of benzene rings is 1. The van der Waals surface area contributed by atoms with Crippen molar-refractivity contribution in [3.8, 4) is 0 Å². The molecule has 27 heavy (non-hydrogen) atoms. The second-order valence-electron chi connectivity index (χ2n) is 5.95. The van der Waals surface area contributed by atoms with E-state index in [1.165, 1.54) is 17.0 Å². The minimum atomic E-state index is -4.43. The number of carbonyl (C=O) groups excluding carboxylic acids is 2. The summed E-state index contributed by atoms with van der Waals surface area (Å²) in [4.78, 5) is 29.6. The molecule has 142 valence electrons. The molecule has 9 heteroatoms. The van der Waals surface area contributed by atoms with Gasteiger partial charge in [0.15, 0.2) is 0 Å².